The van der Waals surface area contributed by atoms with Crippen molar-refractivity contribution in [3.05, 3.63) is 0 Å². The summed E-state index contributed by atoms with van der Waals surface area (Å²) in [6.45, 7) is 7.84. The number of rotatable bonds is 9. The monoisotopic (exact) mass is 343 g/mol. The van der Waals surface area contributed by atoms with Crippen LogP contribution in [0.5, 0.6) is 0 Å². The molecule has 0 radical (unpaired) electrons. The Kier molecular flexibility index (Phi) is 9.02. The van der Waals surface area contributed by atoms with E-state index in [-0.39, 0.29) is 36.6 Å². The lowest BCUT2D eigenvalue weighted by atomic mass is 9.85. The zero-order valence-electron chi connectivity index (χ0n) is 15.1. The second-order valence-electron chi connectivity index (χ2n) is 7.01. The van der Waals surface area contributed by atoms with Gasteiger partial charge in [0.1, 0.15) is 6.04 Å². The molecule has 0 rings (SSSR count). The lowest BCUT2D eigenvalue weighted by Gasteiger charge is -2.24. The number of nitrogens with one attached hydrogen (secondary N) is 2. The number of nitrogens with two attached hydrogens (primary N) is 1. The summed E-state index contributed by atoms with van der Waals surface area (Å²) in [5.74, 6) is -2.37. The molecule has 0 fully saturated rings. The van der Waals surface area contributed by atoms with E-state index in [0.29, 0.717) is 6.42 Å². The largest absolute Gasteiger partial charge is 0.469 e. The molecule has 8 nitrogen and oxygen atoms in total. The van der Waals surface area contributed by atoms with Gasteiger partial charge >= 0.3 is 5.97 Å². The van der Waals surface area contributed by atoms with Gasteiger partial charge in [0, 0.05) is 12.5 Å². The highest BCUT2D eigenvalue weighted by molar-refractivity contribution is 5.92. The first kappa shape index (κ1) is 21.9. The smallest absolute Gasteiger partial charge is 0.307 e. The van der Waals surface area contributed by atoms with E-state index in [9.17, 15) is 19.2 Å². The summed E-state index contributed by atoms with van der Waals surface area (Å²) in [5.41, 5.74) is 5.10. The molecule has 0 bridgehead atoms. The second-order valence-corrected chi connectivity index (χ2v) is 7.01. The first-order chi connectivity index (χ1) is 11.0. The number of hydrogen-bond donors (Lipinski definition) is 3. The summed E-state index contributed by atoms with van der Waals surface area (Å²) in [4.78, 5) is 46.5. The zero-order valence-corrected chi connectivity index (χ0v) is 15.1. The number of ether oxygens (including phenoxy) is 1. The Bertz CT molecular complexity index is 471. The van der Waals surface area contributed by atoms with Crippen molar-refractivity contribution in [2.45, 2.75) is 53.0 Å². The topological polar surface area (TPSA) is 128 Å². The fraction of sp³-hybridized carbons (Fsp3) is 0.750. The molecule has 0 saturated carbocycles. The van der Waals surface area contributed by atoms with E-state index in [0.717, 1.165) is 0 Å². The Balaban J connectivity index is 4.70. The standard InChI is InChI=1S/C16H29N3O5/c1-10(9-16(2,3)4)14(22)19-11(8-12(17)20)15(23)18-7-6-13(21)24-5/h10-11H,6-9H2,1-5H3,(H2,17,20)(H,18,23)(H,19,22)/t10?,11-/m1/s1. The number of hydrogen-bond acceptors (Lipinski definition) is 5. The first-order valence-electron chi connectivity index (χ1n) is 7.89. The summed E-state index contributed by atoms with van der Waals surface area (Å²) in [6, 6.07) is -1.06. The van der Waals surface area contributed by atoms with E-state index in [1.54, 1.807) is 6.92 Å². The summed E-state index contributed by atoms with van der Waals surface area (Å²) in [5, 5.41) is 5.04. The highest BCUT2D eigenvalue weighted by Crippen LogP contribution is 2.24. The van der Waals surface area contributed by atoms with Crippen LogP contribution in [0.2, 0.25) is 0 Å². The molecule has 3 amide bonds. The van der Waals surface area contributed by atoms with Crippen molar-refractivity contribution in [1.29, 1.82) is 0 Å². The number of carbonyl (C=O) groups is 4. The maximum absolute atomic E-state index is 12.2. The lowest BCUT2D eigenvalue weighted by Crippen LogP contribution is -2.50. The third-order valence-corrected chi connectivity index (χ3v) is 3.26. The number of amides is 3. The molecule has 4 N–H and O–H groups in total. The molecule has 0 spiro atoms. The van der Waals surface area contributed by atoms with Crippen LogP contribution in [-0.2, 0) is 23.9 Å². The SMILES string of the molecule is COC(=O)CCNC(=O)[C@@H](CC(N)=O)NC(=O)C(C)CC(C)(C)C. The van der Waals surface area contributed by atoms with Crippen LogP contribution in [0, 0.1) is 11.3 Å². The summed E-state index contributed by atoms with van der Waals surface area (Å²) >= 11 is 0. The average Bonchev–Trinajstić information content (AvgIpc) is 2.43. The first-order valence-corrected chi connectivity index (χ1v) is 7.89. The predicted octanol–water partition coefficient (Wildman–Crippen LogP) is 0.0982. The molecule has 0 aromatic rings. The van der Waals surface area contributed by atoms with Crippen LogP contribution in [0.15, 0.2) is 0 Å². The minimum atomic E-state index is -1.06. The average molecular weight is 343 g/mol. The predicted molar refractivity (Wildman–Crippen MR) is 88.6 cm³/mol. The minimum absolute atomic E-state index is 0.0000945. The minimum Gasteiger partial charge on any atom is -0.469 e. The molecule has 1 unspecified atom stereocenters. The summed E-state index contributed by atoms with van der Waals surface area (Å²) < 4.78 is 4.47. The van der Waals surface area contributed by atoms with Gasteiger partial charge in [-0.05, 0) is 11.8 Å². The van der Waals surface area contributed by atoms with Crippen LogP contribution < -0.4 is 16.4 Å². The number of primary amides is 1. The Labute approximate surface area is 142 Å². The van der Waals surface area contributed by atoms with Crippen molar-refractivity contribution in [3.8, 4) is 0 Å². The second kappa shape index (κ2) is 9.89. The molecule has 0 heterocycles. The van der Waals surface area contributed by atoms with Gasteiger partial charge in [0.15, 0.2) is 0 Å². The van der Waals surface area contributed by atoms with E-state index in [1.165, 1.54) is 7.11 Å². The lowest BCUT2D eigenvalue weighted by molar-refractivity contribution is -0.140. The Morgan fingerprint density at radius 1 is 1.12 bits per heavy atom. The van der Waals surface area contributed by atoms with Gasteiger partial charge in [-0.15, -0.1) is 0 Å². The van der Waals surface area contributed by atoms with Crippen molar-refractivity contribution >= 4 is 23.7 Å². The van der Waals surface area contributed by atoms with Gasteiger partial charge in [-0.2, -0.15) is 0 Å². The van der Waals surface area contributed by atoms with Crippen LogP contribution in [-0.4, -0.2) is 43.4 Å². The normalized spacial score (nSPS) is 13.5. The van der Waals surface area contributed by atoms with Gasteiger partial charge in [-0.3, -0.25) is 19.2 Å². The van der Waals surface area contributed by atoms with Crippen LogP contribution in [0.4, 0.5) is 0 Å². The van der Waals surface area contributed by atoms with E-state index < -0.39 is 23.8 Å². The number of esters is 1. The molecule has 0 aliphatic heterocycles. The van der Waals surface area contributed by atoms with Gasteiger partial charge in [0.25, 0.3) is 0 Å². The van der Waals surface area contributed by atoms with Crippen LogP contribution in [0.1, 0.15) is 47.0 Å². The van der Waals surface area contributed by atoms with Gasteiger partial charge in [0.05, 0.1) is 20.0 Å². The molecule has 24 heavy (non-hydrogen) atoms. The fourth-order valence-electron chi connectivity index (χ4n) is 2.25. The third-order valence-electron chi connectivity index (χ3n) is 3.26. The van der Waals surface area contributed by atoms with Crippen molar-refractivity contribution in [3.63, 3.8) is 0 Å². The molecule has 2 atom stereocenters. The van der Waals surface area contributed by atoms with E-state index >= 15 is 0 Å². The fourth-order valence-corrected chi connectivity index (χ4v) is 2.25. The summed E-state index contributed by atoms with van der Waals surface area (Å²) in [7, 11) is 1.25. The molecule has 138 valence electrons. The molecule has 0 aliphatic rings. The Morgan fingerprint density at radius 2 is 1.71 bits per heavy atom. The number of carbonyl (C=O) groups excluding carboxylic acids is 4. The molecule has 8 heteroatoms. The Hall–Kier alpha value is -2.12. The molecule has 0 saturated heterocycles. The van der Waals surface area contributed by atoms with E-state index in [1.807, 2.05) is 20.8 Å². The van der Waals surface area contributed by atoms with Crippen molar-refractivity contribution in [2.75, 3.05) is 13.7 Å². The highest BCUT2D eigenvalue weighted by Gasteiger charge is 2.27. The van der Waals surface area contributed by atoms with Crippen LogP contribution >= 0.6 is 0 Å². The van der Waals surface area contributed by atoms with E-state index in [2.05, 4.69) is 15.4 Å². The third kappa shape index (κ3) is 9.81. The van der Waals surface area contributed by atoms with Crippen LogP contribution in [0.25, 0.3) is 0 Å². The zero-order chi connectivity index (χ0) is 18.9. The van der Waals surface area contributed by atoms with Crippen molar-refractivity contribution in [1.82, 2.24) is 10.6 Å². The molecule has 0 aromatic heterocycles. The maximum Gasteiger partial charge on any atom is 0.307 e. The van der Waals surface area contributed by atoms with Crippen LogP contribution in [0.3, 0.4) is 0 Å². The number of methoxy groups -OCH3 is 1. The van der Waals surface area contributed by atoms with Gasteiger partial charge in [-0.25, -0.2) is 0 Å². The molecule has 0 aromatic carbocycles. The van der Waals surface area contributed by atoms with Gasteiger partial charge in [-0.1, -0.05) is 27.7 Å². The molecular weight excluding hydrogens is 314 g/mol. The molecular formula is C16H29N3O5. The van der Waals surface area contributed by atoms with Gasteiger partial charge in [0.2, 0.25) is 17.7 Å². The Morgan fingerprint density at radius 3 is 2.17 bits per heavy atom. The van der Waals surface area contributed by atoms with E-state index in [4.69, 9.17) is 5.73 Å². The maximum atomic E-state index is 12.2. The molecule has 0 aliphatic carbocycles. The van der Waals surface area contributed by atoms with Gasteiger partial charge < -0.3 is 21.1 Å². The highest BCUT2D eigenvalue weighted by atomic mass is 16.5. The quantitative estimate of drug-likeness (QED) is 0.512. The van der Waals surface area contributed by atoms with Crippen molar-refractivity contribution in [2.24, 2.45) is 17.1 Å². The van der Waals surface area contributed by atoms with Crippen molar-refractivity contribution < 1.29 is 23.9 Å². The summed E-state index contributed by atoms with van der Waals surface area (Å²) in [6.07, 6.45) is 0.323.